The van der Waals surface area contributed by atoms with E-state index < -0.39 is 5.97 Å². The number of fused-ring (bicyclic) bond motifs is 1. The first-order valence-corrected chi connectivity index (χ1v) is 6.07. The number of halogens is 1. The highest BCUT2D eigenvalue weighted by molar-refractivity contribution is 9.10. The summed E-state index contributed by atoms with van der Waals surface area (Å²) < 4.78 is 5.63. The van der Waals surface area contributed by atoms with Crippen molar-refractivity contribution < 1.29 is 14.4 Å². The zero-order valence-corrected chi connectivity index (χ0v) is 10.6. The summed E-state index contributed by atoms with van der Waals surface area (Å²) in [5.41, 5.74) is 1.83. The quantitative estimate of drug-likeness (QED) is 0.922. The van der Waals surface area contributed by atoms with Crippen LogP contribution in [0.4, 0.5) is 0 Å². The van der Waals surface area contributed by atoms with Crippen molar-refractivity contribution in [1.82, 2.24) is 10.1 Å². The molecule has 88 valence electrons. The van der Waals surface area contributed by atoms with Crippen LogP contribution >= 0.6 is 15.9 Å². The van der Waals surface area contributed by atoms with E-state index in [1.54, 1.807) is 6.92 Å². The number of aromatic carboxylic acids is 1. The number of rotatable bonds is 2. The van der Waals surface area contributed by atoms with E-state index in [-0.39, 0.29) is 5.56 Å². The molecule has 1 aliphatic rings. The molecule has 5 nitrogen and oxygen atoms in total. The first-order valence-electron chi connectivity index (χ1n) is 5.28. The number of nitrogens with zero attached hydrogens (tertiary/aromatic N) is 2. The Morgan fingerprint density at radius 1 is 1.53 bits per heavy atom. The highest BCUT2D eigenvalue weighted by atomic mass is 79.9. The number of hydrogen-bond acceptors (Lipinski definition) is 4. The first kappa shape index (κ1) is 10.7. The van der Waals surface area contributed by atoms with Gasteiger partial charge in [-0.2, -0.15) is 0 Å². The molecule has 0 radical (unpaired) electrons. The van der Waals surface area contributed by atoms with Crippen molar-refractivity contribution in [2.45, 2.75) is 25.7 Å². The van der Waals surface area contributed by atoms with Crippen LogP contribution in [-0.2, 0) is 0 Å². The predicted octanol–water partition coefficient (Wildman–Crippen LogP) is 2.87. The third-order valence-corrected chi connectivity index (χ3v) is 3.74. The summed E-state index contributed by atoms with van der Waals surface area (Å²) in [7, 11) is 0. The average molecular weight is 297 g/mol. The fourth-order valence-corrected chi connectivity index (χ4v) is 2.73. The molecule has 2 aromatic rings. The Labute approximate surface area is 105 Å². The lowest BCUT2D eigenvalue weighted by molar-refractivity contribution is 0.0697. The molecule has 0 aromatic carbocycles. The summed E-state index contributed by atoms with van der Waals surface area (Å²) in [6.45, 7) is 1.71. The molecule has 0 atom stereocenters. The summed E-state index contributed by atoms with van der Waals surface area (Å²) >= 11 is 3.35. The van der Waals surface area contributed by atoms with Crippen LogP contribution in [0.25, 0.3) is 11.1 Å². The minimum atomic E-state index is -0.988. The number of carboxylic acids is 1. The fraction of sp³-hybridized carbons (Fsp3) is 0.364. The van der Waals surface area contributed by atoms with Gasteiger partial charge >= 0.3 is 5.97 Å². The van der Waals surface area contributed by atoms with Gasteiger partial charge in [0.1, 0.15) is 0 Å². The summed E-state index contributed by atoms with van der Waals surface area (Å²) in [6.07, 6.45) is 2.09. The lowest BCUT2D eigenvalue weighted by Gasteiger charge is -2.05. The minimum absolute atomic E-state index is 0.204. The van der Waals surface area contributed by atoms with Gasteiger partial charge in [0, 0.05) is 5.92 Å². The zero-order valence-electron chi connectivity index (χ0n) is 9.03. The molecular formula is C11H9BrN2O3. The Kier molecular flexibility index (Phi) is 2.22. The van der Waals surface area contributed by atoms with Crippen molar-refractivity contribution in [3.63, 3.8) is 0 Å². The van der Waals surface area contributed by atoms with Gasteiger partial charge in [-0.15, -0.1) is 0 Å². The molecule has 0 bridgehead atoms. The van der Waals surface area contributed by atoms with Crippen LogP contribution in [0, 0.1) is 6.92 Å². The summed E-state index contributed by atoms with van der Waals surface area (Å²) in [6, 6.07) is 0. The van der Waals surface area contributed by atoms with Gasteiger partial charge in [-0.25, -0.2) is 9.78 Å². The number of aryl methyl sites for hydroxylation is 1. The maximum atomic E-state index is 11.4. The van der Waals surface area contributed by atoms with E-state index >= 15 is 0 Å². The molecule has 0 amide bonds. The Morgan fingerprint density at radius 3 is 2.82 bits per heavy atom. The molecule has 0 unspecified atom stereocenters. The van der Waals surface area contributed by atoms with Gasteiger partial charge in [0.15, 0.2) is 0 Å². The first-order chi connectivity index (χ1) is 8.09. The van der Waals surface area contributed by atoms with Crippen LogP contribution in [0.2, 0.25) is 0 Å². The van der Waals surface area contributed by atoms with E-state index in [0.717, 1.165) is 18.5 Å². The monoisotopic (exact) mass is 296 g/mol. The molecule has 6 heteroatoms. The van der Waals surface area contributed by atoms with E-state index in [0.29, 0.717) is 27.2 Å². The van der Waals surface area contributed by atoms with E-state index in [1.807, 2.05) is 0 Å². The number of carboxylic acid groups (broad SMARTS) is 1. The number of aromatic nitrogens is 2. The molecule has 0 aliphatic heterocycles. The highest BCUT2D eigenvalue weighted by Gasteiger charge is 2.32. The maximum Gasteiger partial charge on any atom is 0.337 e. The Bertz CT molecular complexity index is 631. The van der Waals surface area contributed by atoms with E-state index in [4.69, 9.17) is 4.52 Å². The lowest BCUT2D eigenvalue weighted by atomic mass is 10.1. The minimum Gasteiger partial charge on any atom is -0.478 e. The van der Waals surface area contributed by atoms with Crippen LogP contribution in [0.1, 0.15) is 40.5 Å². The van der Waals surface area contributed by atoms with Gasteiger partial charge in [0.25, 0.3) is 5.71 Å². The molecular weight excluding hydrogens is 288 g/mol. The molecule has 0 saturated heterocycles. The molecule has 1 aliphatic carbocycles. The number of carbonyl (C=O) groups is 1. The normalized spacial score (nSPS) is 15.4. The average Bonchev–Trinajstić information content (AvgIpc) is 3.04. The van der Waals surface area contributed by atoms with Crippen molar-refractivity contribution in [2.75, 3.05) is 0 Å². The fourth-order valence-electron chi connectivity index (χ4n) is 1.95. The summed E-state index contributed by atoms with van der Waals surface area (Å²) in [5, 5.41) is 13.6. The van der Waals surface area contributed by atoms with Gasteiger partial charge in [0.2, 0.25) is 0 Å². The van der Waals surface area contributed by atoms with Crippen molar-refractivity contribution in [2.24, 2.45) is 0 Å². The summed E-state index contributed by atoms with van der Waals surface area (Å²) in [5.74, 6) is -0.644. The second-order valence-corrected chi connectivity index (χ2v) is 5.01. The Hall–Kier alpha value is -1.43. The molecule has 1 saturated carbocycles. The van der Waals surface area contributed by atoms with Gasteiger partial charge < -0.3 is 9.63 Å². The van der Waals surface area contributed by atoms with Crippen LogP contribution in [0.5, 0.6) is 0 Å². The van der Waals surface area contributed by atoms with E-state index in [1.165, 1.54) is 0 Å². The lowest BCUT2D eigenvalue weighted by Crippen LogP contribution is -2.03. The van der Waals surface area contributed by atoms with E-state index in [2.05, 4.69) is 26.1 Å². The van der Waals surface area contributed by atoms with Crippen molar-refractivity contribution in [3.8, 4) is 0 Å². The molecule has 2 aromatic heterocycles. The molecule has 1 fully saturated rings. The zero-order chi connectivity index (χ0) is 12.2. The third-order valence-electron chi connectivity index (χ3n) is 2.94. The topological polar surface area (TPSA) is 76.2 Å². The van der Waals surface area contributed by atoms with Gasteiger partial charge in [-0.3, -0.25) is 0 Å². The molecule has 17 heavy (non-hydrogen) atoms. The molecule has 1 N–H and O–H groups in total. The maximum absolute atomic E-state index is 11.4. The number of pyridine rings is 1. The van der Waals surface area contributed by atoms with E-state index in [9.17, 15) is 9.90 Å². The standard InChI is InChI=1S/C11H9BrN2O3/c1-4-6-7(11(15)16)8(12)9(5-2-3-5)13-10(6)17-14-4/h5H,2-3H2,1H3,(H,15,16). The second kappa shape index (κ2) is 3.53. The van der Waals surface area contributed by atoms with Crippen molar-refractivity contribution in [1.29, 1.82) is 0 Å². The van der Waals surface area contributed by atoms with Crippen molar-refractivity contribution in [3.05, 3.63) is 21.4 Å². The predicted molar refractivity (Wildman–Crippen MR) is 63.2 cm³/mol. The molecule has 0 spiro atoms. The van der Waals surface area contributed by atoms with Crippen molar-refractivity contribution >= 4 is 33.0 Å². The third kappa shape index (κ3) is 1.55. The Balaban J connectivity index is 2.40. The number of hydrogen-bond donors (Lipinski definition) is 1. The molecule has 2 heterocycles. The highest BCUT2D eigenvalue weighted by Crippen LogP contribution is 2.44. The van der Waals surface area contributed by atoms with Crippen LogP contribution < -0.4 is 0 Å². The van der Waals surface area contributed by atoms with Gasteiger partial charge in [0.05, 0.1) is 26.8 Å². The SMILES string of the molecule is Cc1noc2nc(C3CC3)c(Br)c(C(=O)O)c12. The largest absolute Gasteiger partial charge is 0.478 e. The van der Waals surface area contributed by atoms with Gasteiger partial charge in [-0.05, 0) is 35.7 Å². The van der Waals surface area contributed by atoms with Crippen LogP contribution in [0.15, 0.2) is 9.00 Å². The molecule has 3 rings (SSSR count). The van der Waals surface area contributed by atoms with Crippen LogP contribution in [0.3, 0.4) is 0 Å². The Morgan fingerprint density at radius 2 is 2.24 bits per heavy atom. The van der Waals surface area contributed by atoms with Gasteiger partial charge in [-0.1, -0.05) is 5.16 Å². The smallest absolute Gasteiger partial charge is 0.337 e. The summed E-state index contributed by atoms with van der Waals surface area (Å²) in [4.78, 5) is 15.7. The van der Waals surface area contributed by atoms with Crippen LogP contribution in [-0.4, -0.2) is 21.2 Å². The second-order valence-electron chi connectivity index (χ2n) is 4.21.